The summed E-state index contributed by atoms with van der Waals surface area (Å²) in [5.74, 6) is 0.639. The van der Waals surface area contributed by atoms with Gasteiger partial charge < -0.3 is 15.8 Å². The minimum atomic E-state index is -0.596. The number of anilines is 1. The van der Waals surface area contributed by atoms with E-state index in [0.29, 0.717) is 6.42 Å². The minimum Gasteiger partial charge on any atom is -0.497 e. The number of benzene rings is 2. The number of likely N-dealkylation sites (tertiary alicyclic amines) is 1. The molecule has 2 aromatic carbocycles. The Morgan fingerprint density at radius 2 is 1.81 bits per heavy atom. The number of hydrogen-bond donors (Lipinski definition) is 2. The third kappa shape index (κ3) is 5.55. The van der Waals surface area contributed by atoms with E-state index in [1.54, 1.807) is 7.11 Å². The number of carbonyl (C=O) groups excluding carboxylic acids is 1. The second-order valence-electron chi connectivity index (χ2n) is 7.14. The van der Waals surface area contributed by atoms with Crippen molar-refractivity contribution in [3.63, 3.8) is 0 Å². The van der Waals surface area contributed by atoms with Gasteiger partial charge in [0.05, 0.1) is 13.2 Å². The van der Waals surface area contributed by atoms with E-state index in [0.717, 1.165) is 42.2 Å². The molecular formula is C22H29N3O2. The fraction of sp³-hybridized carbons (Fsp3) is 0.409. The van der Waals surface area contributed by atoms with E-state index in [9.17, 15) is 4.79 Å². The van der Waals surface area contributed by atoms with E-state index in [4.69, 9.17) is 10.5 Å². The number of methoxy groups -OCH3 is 1. The Bertz CT molecular complexity index is 739. The molecule has 0 spiro atoms. The Hall–Kier alpha value is -2.37. The Kier molecular flexibility index (Phi) is 6.85. The molecule has 1 amide bonds. The van der Waals surface area contributed by atoms with Crippen molar-refractivity contribution in [2.45, 2.75) is 38.3 Å². The van der Waals surface area contributed by atoms with Crippen LogP contribution < -0.4 is 15.8 Å². The van der Waals surface area contributed by atoms with Crippen molar-refractivity contribution in [1.29, 1.82) is 0 Å². The largest absolute Gasteiger partial charge is 0.497 e. The first kappa shape index (κ1) is 19.4. The Morgan fingerprint density at radius 1 is 1.11 bits per heavy atom. The smallest absolute Gasteiger partial charge is 0.241 e. The second kappa shape index (κ2) is 9.53. The maximum Gasteiger partial charge on any atom is 0.241 e. The van der Waals surface area contributed by atoms with Gasteiger partial charge in [0, 0.05) is 12.2 Å². The van der Waals surface area contributed by atoms with Crippen molar-refractivity contribution in [3.05, 3.63) is 59.7 Å². The molecule has 0 aliphatic carbocycles. The van der Waals surface area contributed by atoms with Gasteiger partial charge in [0.25, 0.3) is 0 Å². The van der Waals surface area contributed by atoms with Gasteiger partial charge in [-0.15, -0.1) is 0 Å². The predicted molar refractivity (Wildman–Crippen MR) is 109 cm³/mol. The Labute approximate surface area is 161 Å². The molecule has 0 unspecified atom stereocenters. The lowest BCUT2D eigenvalue weighted by Crippen LogP contribution is -2.38. The number of ether oxygens (including phenoxy) is 1. The van der Waals surface area contributed by atoms with Crippen LogP contribution in [-0.4, -0.2) is 37.0 Å². The first-order valence-corrected chi connectivity index (χ1v) is 9.65. The van der Waals surface area contributed by atoms with E-state index in [1.807, 2.05) is 42.5 Å². The maximum atomic E-state index is 12.6. The average molecular weight is 367 g/mol. The highest BCUT2D eigenvalue weighted by atomic mass is 16.5. The van der Waals surface area contributed by atoms with Crippen LogP contribution in [0.5, 0.6) is 5.75 Å². The Morgan fingerprint density at radius 3 is 2.52 bits per heavy atom. The van der Waals surface area contributed by atoms with Crippen molar-refractivity contribution in [2.24, 2.45) is 5.73 Å². The molecule has 3 rings (SSSR count). The van der Waals surface area contributed by atoms with Crippen LogP contribution in [0.15, 0.2) is 48.5 Å². The maximum absolute atomic E-state index is 12.6. The SMILES string of the molecule is COc1ccc(C[C@H](N)C(=O)Nc2ccccc2CN2CCCCC2)cc1. The quantitative estimate of drug-likeness (QED) is 0.789. The lowest BCUT2D eigenvalue weighted by molar-refractivity contribution is -0.117. The summed E-state index contributed by atoms with van der Waals surface area (Å²) in [4.78, 5) is 15.1. The van der Waals surface area contributed by atoms with E-state index in [2.05, 4.69) is 16.3 Å². The first-order valence-electron chi connectivity index (χ1n) is 9.65. The van der Waals surface area contributed by atoms with E-state index in [1.165, 1.54) is 19.3 Å². The van der Waals surface area contributed by atoms with Gasteiger partial charge in [0.15, 0.2) is 0 Å². The summed E-state index contributed by atoms with van der Waals surface area (Å²) >= 11 is 0. The van der Waals surface area contributed by atoms with Gasteiger partial charge >= 0.3 is 0 Å². The van der Waals surface area contributed by atoms with Crippen LogP contribution >= 0.6 is 0 Å². The molecule has 144 valence electrons. The summed E-state index contributed by atoms with van der Waals surface area (Å²) < 4.78 is 5.16. The van der Waals surface area contributed by atoms with Gasteiger partial charge in [-0.1, -0.05) is 36.8 Å². The van der Waals surface area contributed by atoms with E-state index < -0.39 is 6.04 Å². The molecule has 1 aliphatic rings. The number of piperidine rings is 1. The van der Waals surface area contributed by atoms with Crippen LogP contribution in [0.25, 0.3) is 0 Å². The highest BCUT2D eigenvalue weighted by Crippen LogP contribution is 2.20. The predicted octanol–water partition coefficient (Wildman–Crippen LogP) is 3.19. The van der Waals surface area contributed by atoms with Gasteiger partial charge in [0.1, 0.15) is 5.75 Å². The zero-order chi connectivity index (χ0) is 19.1. The molecule has 1 heterocycles. The lowest BCUT2D eigenvalue weighted by atomic mass is 10.0. The fourth-order valence-corrected chi connectivity index (χ4v) is 3.47. The number of nitrogens with zero attached hydrogens (tertiary/aromatic N) is 1. The van der Waals surface area contributed by atoms with Crippen molar-refractivity contribution in [3.8, 4) is 5.75 Å². The highest BCUT2D eigenvalue weighted by molar-refractivity contribution is 5.95. The third-order valence-corrected chi connectivity index (χ3v) is 5.07. The van der Waals surface area contributed by atoms with E-state index in [-0.39, 0.29) is 5.91 Å². The van der Waals surface area contributed by atoms with Crippen LogP contribution in [-0.2, 0) is 17.8 Å². The molecule has 27 heavy (non-hydrogen) atoms. The zero-order valence-electron chi connectivity index (χ0n) is 16.0. The standard InChI is InChI=1S/C22H29N3O2/c1-27-19-11-9-17(10-12-19)15-20(23)22(26)24-21-8-4-3-7-18(21)16-25-13-5-2-6-14-25/h3-4,7-12,20H,2,5-6,13-16,23H2,1H3,(H,24,26)/t20-/m0/s1. The third-order valence-electron chi connectivity index (χ3n) is 5.07. The molecule has 2 aromatic rings. The minimum absolute atomic E-state index is 0.156. The summed E-state index contributed by atoms with van der Waals surface area (Å²) in [7, 11) is 1.63. The molecule has 1 fully saturated rings. The molecular weight excluding hydrogens is 338 g/mol. The monoisotopic (exact) mass is 367 g/mol. The van der Waals surface area contributed by atoms with Gasteiger partial charge in [-0.05, 0) is 61.7 Å². The number of carbonyl (C=O) groups is 1. The summed E-state index contributed by atoms with van der Waals surface area (Å²) in [6, 6.07) is 15.1. The molecule has 0 radical (unpaired) electrons. The van der Waals surface area contributed by atoms with Gasteiger partial charge in [0.2, 0.25) is 5.91 Å². The lowest BCUT2D eigenvalue weighted by Gasteiger charge is -2.27. The molecule has 3 N–H and O–H groups in total. The number of hydrogen-bond acceptors (Lipinski definition) is 4. The van der Waals surface area contributed by atoms with Crippen LogP contribution in [0.4, 0.5) is 5.69 Å². The number of rotatable bonds is 7. The molecule has 0 saturated carbocycles. The number of amides is 1. The fourth-order valence-electron chi connectivity index (χ4n) is 3.47. The number of nitrogens with two attached hydrogens (primary N) is 1. The van der Waals surface area contributed by atoms with Crippen LogP contribution in [0, 0.1) is 0 Å². The van der Waals surface area contributed by atoms with Crippen molar-refractivity contribution >= 4 is 11.6 Å². The van der Waals surface area contributed by atoms with Gasteiger partial charge in [-0.3, -0.25) is 9.69 Å². The zero-order valence-corrected chi connectivity index (χ0v) is 16.0. The molecule has 1 saturated heterocycles. The van der Waals surface area contributed by atoms with Crippen molar-refractivity contribution in [1.82, 2.24) is 4.90 Å². The van der Waals surface area contributed by atoms with Crippen LogP contribution in [0.2, 0.25) is 0 Å². The highest BCUT2D eigenvalue weighted by Gasteiger charge is 2.17. The van der Waals surface area contributed by atoms with Gasteiger partial charge in [-0.2, -0.15) is 0 Å². The van der Waals surface area contributed by atoms with Crippen LogP contribution in [0.1, 0.15) is 30.4 Å². The van der Waals surface area contributed by atoms with Gasteiger partial charge in [-0.25, -0.2) is 0 Å². The molecule has 0 aromatic heterocycles. The molecule has 5 heteroatoms. The van der Waals surface area contributed by atoms with E-state index >= 15 is 0 Å². The summed E-state index contributed by atoms with van der Waals surface area (Å²) in [5.41, 5.74) is 9.16. The normalized spacial score (nSPS) is 15.9. The first-order chi connectivity index (χ1) is 13.2. The molecule has 0 bridgehead atoms. The summed E-state index contributed by atoms with van der Waals surface area (Å²) in [6.07, 6.45) is 4.31. The van der Waals surface area contributed by atoms with Crippen molar-refractivity contribution in [2.75, 3.05) is 25.5 Å². The second-order valence-corrected chi connectivity index (χ2v) is 7.14. The number of para-hydroxylation sites is 1. The topological polar surface area (TPSA) is 67.6 Å². The molecule has 5 nitrogen and oxygen atoms in total. The average Bonchev–Trinajstić information content (AvgIpc) is 2.71. The van der Waals surface area contributed by atoms with Crippen molar-refractivity contribution < 1.29 is 9.53 Å². The number of nitrogens with one attached hydrogen (secondary N) is 1. The van der Waals surface area contributed by atoms with Crippen LogP contribution in [0.3, 0.4) is 0 Å². The summed E-state index contributed by atoms with van der Waals surface area (Å²) in [6.45, 7) is 3.11. The summed E-state index contributed by atoms with van der Waals surface area (Å²) in [5, 5.41) is 3.03. The Balaban J connectivity index is 1.60. The molecule has 1 aliphatic heterocycles. The molecule has 1 atom stereocenters.